The monoisotopic (exact) mass is 332 g/mol. The van der Waals surface area contributed by atoms with Crippen LogP contribution in [-0.4, -0.2) is 0 Å². The van der Waals surface area contributed by atoms with Gasteiger partial charge in [0.2, 0.25) is 0 Å². The molecule has 0 saturated carbocycles. The minimum atomic E-state index is 1.12. The number of anilines is 1. The summed E-state index contributed by atoms with van der Waals surface area (Å²) in [5.74, 6) is 0. The third-order valence-corrected chi connectivity index (χ3v) is 5.34. The number of fused-ring (bicyclic) bond motifs is 5. The Morgan fingerprint density at radius 1 is 0.500 bits per heavy atom. The SMILES string of the molecule is C1=Cc2cc3cc4cc5cc6ccccc6cc5cc4cc3cc2NN1. The van der Waals surface area contributed by atoms with Crippen LogP contribution >= 0.6 is 0 Å². The standard InChI is InChI=1S/C24H16N2/c1-2-4-16-8-19-11-22-13-23-14-24-17(5-6-25-26-24)9-20(23)12-21(22)10-18(19)7-15(16)3-1/h1-14,25-26H. The maximum absolute atomic E-state index is 3.22. The van der Waals surface area contributed by atoms with Gasteiger partial charge >= 0.3 is 0 Å². The molecule has 1 heterocycles. The van der Waals surface area contributed by atoms with Gasteiger partial charge in [0.15, 0.2) is 0 Å². The van der Waals surface area contributed by atoms with Crippen LogP contribution in [0.15, 0.2) is 79.0 Å². The third kappa shape index (κ3) is 1.99. The fraction of sp³-hybridized carbons (Fsp3) is 0. The van der Waals surface area contributed by atoms with Crippen LogP contribution in [0.1, 0.15) is 5.56 Å². The average Bonchev–Trinajstić information content (AvgIpc) is 2.67. The first-order valence-corrected chi connectivity index (χ1v) is 8.86. The quantitative estimate of drug-likeness (QED) is 0.330. The Morgan fingerprint density at radius 2 is 1.00 bits per heavy atom. The molecule has 6 rings (SSSR count). The summed E-state index contributed by atoms with van der Waals surface area (Å²) < 4.78 is 0. The lowest BCUT2D eigenvalue weighted by molar-refractivity contribution is 1.05. The Hall–Kier alpha value is -3.52. The zero-order valence-electron chi connectivity index (χ0n) is 14.1. The molecule has 0 bridgehead atoms. The maximum Gasteiger partial charge on any atom is 0.0618 e. The van der Waals surface area contributed by atoms with Crippen LogP contribution in [0.2, 0.25) is 0 Å². The zero-order valence-corrected chi connectivity index (χ0v) is 14.1. The Bertz CT molecular complexity index is 1380. The molecule has 5 aromatic rings. The van der Waals surface area contributed by atoms with Gasteiger partial charge in [-0.25, -0.2) is 0 Å². The van der Waals surface area contributed by atoms with Gasteiger partial charge in [-0.1, -0.05) is 24.3 Å². The molecule has 2 N–H and O–H groups in total. The van der Waals surface area contributed by atoms with E-state index in [0.29, 0.717) is 0 Å². The van der Waals surface area contributed by atoms with E-state index in [9.17, 15) is 0 Å². The van der Waals surface area contributed by atoms with Crippen molar-refractivity contribution in [1.82, 2.24) is 5.43 Å². The van der Waals surface area contributed by atoms with Crippen LogP contribution in [0, 0.1) is 0 Å². The van der Waals surface area contributed by atoms with Crippen LogP contribution in [0.3, 0.4) is 0 Å². The molecule has 1 aliphatic rings. The summed E-state index contributed by atoms with van der Waals surface area (Å²) in [6, 6.07) is 26.8. The first kappa shape index (κ1) is 13.7. The Labute approximate surface area is 150 Å². The van der Waals surface area contributed by atoms with Crippen molar-refractivity contribution < 1.29 is 0 Å². The summed E-state index contributed by atoms with van der Waals surface area (Å²) in [6.07, 6.45) is 4.02. The molecule has 26 heavy (non-hydrogen) atoms. The second-order valence-electron chi connectivity index (χ2n) is 6.99. The van der Waals surface area contributed by atoms with Gasteiger partial charge in [0.25, 0.3) is 0 Å². The molecular formula is C24H16N2. The molecule has 0 saturated heterocycles. The van der Waals surface area contributed by atoms with E-state index < -0.39 is 0 Å². The number of nitrogens with one attached hydrogen (secondary N) is 2. The molecule has 0 amide bonds. The molecule has 0 atom stereocenters. The highest BCUT2D eigenvalue weighted by Gasteiger charge is 2.08. The van der Waals surface area contributed by atoms with Gasteiger partial charge in [-0.05, 0) is 97.7 Å². The molecule has 2 heteroatoms. The molecule has 0 unspecified atom stereocenters. The summed E-state index contributed by atoms with van der Waals surface area (Å²) >= 11 is 0. The fourth-order valence-corrected chi connectivity index (χ4v) is 4.01. The van der Waals surface area contributed by atoms with Gasteiger partial charge in [-0.15, -0.1) is 0 Å². The highest BCUT2D eigenvalue weighted by Crippen LogP contribution is 2.33. The van der Waals surface area contributed by atoms with Crippen molar-refractivity contribution in [3.63, 3.8) is 0 Å². The number of benzene rings is 5. The summed E-state index contributed by atoms with van der Waals surface area (Å²) in [6.45, 7) is 0. The van der Waals surface area contributed by atoms with Crippen LogP contribution < -0.4 is 10.9 Å². The molecule has 0 aliphatic carbocycles. The summed E-state index contributed by atoms with van der Waals surface area (Å²) in [5, 5.41) is 10.2. The summed E-state index contributed by atoms with van der Waals surface area (Å²) in [4.78, 5) is 0. The summed E-state index contributed by atoms with van der Waals surface area (Å²) in [7, 11) is 0. The normalized spacial score (nSPS) is 13.1. The van der Waals surface area contributed by atoms with Crippen molar-refractivity contribution in [2.45, 2.75) is 0 Å². The minimum absolute atomic E-state index is 1.12. The number of hydrazine groups is 1. The molecule has 0 fully saturated rings. The Morgan fingerprint density at radius 3 is 1.62 bits per heavy atom. The fourth-order valence-electron chi connectivity index (χ4n) is 4.01. The largest absolute Gasteiger partial charge is 0.308 e. The molecule has 0 spiro atoms. The lowest BCUT2D eigenvalue weighted by atomic mass is 9.96. The van der Waals surface area contributed by atoms with Crippen LogP contribution in [-0.2, 0) is 0 Å². The Kier molecular flexibility index (Phi) is 2.64. The van der Waals surface area contributed by atoms with Gasteiger partial charge in [0.05, 0.1) is 5.69 Å². The third-order valence-electron chi connectivity index (χ3n) is 5.34. The lowest BCUT2D eigenvalue weighted by Gasteiger charge is -2.16. The van der Waals surface area contributed by atoms with Crippen LogP contribution in [0.5, 0.6) is 0 Å². The van der Waals surface area contributed by atoms with E-state index in [1.807, 2.05) is 6.20 Å². The van der Waals surface area contributed by atoms with E-state index in [4.69, 9.17) is 0 Å². The van der Waals surface area contributed by atoms with E-state index in [-0.39, 0.29) is 0 Å². The van der Waals surface area contributed by atoms with Gasteiger partial charge in [-0.2, -0.15) is 0 Å². The van der Waals surface area contributed by atoms with Crippen molar-refractivity contribution in [2.24, 2.45) is 0 Å². The number of hydrogen-bond acceptors (Lipinski definition) is 2. The van der Waals surface area contributed by atoms with Crippen molar-refractivity contribution in [2.75, 3.05) is 5.43 Å². The van der Waals surface area contributed by atoms with Gasteiger partial charge in [-0.3, -0.25) is 0 Å². The van der Waals surface area contributed by atoms with Gasteiger partial charge < -0.3 is 10.9 Å². The number of rotatable bonds is 0. The van der Waals surface area contributed by atoms with Crippen molar-refractivity contribution in [3.05, 3.63) is 84.6 Å². The Balaban J connectivity index is 1.68. The van der Waals surface area contributed by atoms with Crippen LogP contribution in [0.25, 0.3) is 49.2 Å². The first-order chi connectivity index (χ1) is 12.8. The molecule has 0 radical (unpaired) electrons. The highest BCUT2D eigenvalue weighted by atomic mass is 15.3. The van der Waals surface area contributed by atoms with E-state index in [1.165, 1.54) is 48.7 Å². The minimum Gasteiger partial charge on any atom is -0.308 e. The second kappa shape index (κ2) is 4.99. The second-order valence-corrected chi connectivity index (χ2v) is 6.99. The highest BCUT2D eigenvalue weighted by molar-refractivity contribution is 6.08. The smallest absolute Gasteiger partial charge is 0.0618 e. The molecular weight excluding hydrogens is 316 g/mol. The molecule has 1 aliphatic heterocycles. The van der Waals surface area contributed by atoms with E-state index in [1.54, 1.807) is 0 Å². The molecule has 122 valence electrons. The molecule has 2 nitrogen and oxygen atoms in total. The van der Waals surface area contributed by atoms with Crippen molar-refractivity contribution in [3.8, 4) is 0 Å². The maximum atomic E-state index is 3.22. The van der Waals surface area contributed by atoms with E-state index in [2.05, 4.69) is 89.7 Å². The predicted molar refractivity (Wildman–Crippen MR) is 112 cm³/mol. The predicted octanol–water partition coefficient (Wildman–Crippen LogP) is 6.20. The summed E-state index contributed by atoms with van der Waals surface area (Å²) in [5.41, 5.74) is 8.60. The molecule has 5 aromatic carbocycles. The van der Waals surface area contributed by atoms with Gasteiger partial charge in [0.1, 0.15) is 0 Å². The number of hydrogen-bond donors (Lipinski definition) is 2. The lowest BCUT2D eigenvalue weighted by Crippen LogP contribution is -2.17. The molecule has 0 aromatic heterocycles. The zero-order chi connectivity index (χ0) is 17.1. The van der Waals surface area contributed by atoms with Crippen molar-refractivity contribution >= 4 is 54.9 Å². The van der Waals surface area contributed by atoms with Crippen LogP contribution in [0.4, 0.5) is 5.69 Å². The topological polar surface area (TPSA) is 24.1 Å². The van der Waals surface area contributed by atoms with E-state index in [0.717, 1.165) is 5.69 Å². The van der Waals surface area contributed by atoms with Gasteiger partial charge in [0, 0.05) is 11.8 Å². The average molecular weight is 332 g/mol. The van der Waals surface area contributed by atoms with Crippen molar-refractivity contribution in [1.29, 1.82) is 0 Å². The first-order valence-electron chi connectivity index (χ1n) is 8.86. The van der Waals surface area contributed by atoms with E-state index >= 15 is 0 Å².